The van der Waals surface area contributed by atoms with Gasteiger partial charge in [-0.15, -0.1) is 0 Å². The lowest BCUT2D eigenvalue weighted by Gasteiger charge is -2.14. The maximum Gasteiger partial charge on any atom is 0.146 e. The highest BCUT2D eigenvalue weighted by molar-refractivity contribution is 7.07. The van der Waals surface area contributed by atoms with Crippen molar-refractivity contribution >= 4 is 17.0 Å². The summed E-state index contributed by atoms with van der Waals surface area (Å²) in [4.78, 5) is 0. The van der Waals surface area contributed by atoms with Crippen molar-refractivity contribution < 1.29 is 4.39 Å². The van der Waals surface area contributed by atoms with Gasteiger partial charge in [-0.3, -0.25) is 0 Å². The molecular weight excluding hydrogens is 221 g/mol. The first kappa shape index (κ1) is 11.1. The molecular formula is C13H14FNS. The SMILES string of the molecule is CC(Cc1ccsc1)Nc1ccccc1F. The highest BCUT2D eigenvalue weighted by Gasteiger charge is 2.06. The maximum absolute atomic E-state index is 13.4. The van der Waals surface area contributed by atoms with Crippen LogP contribution in [0.3, 0.4) is 0 Å². The number of anilines is 1. The van der Waals surface area contributed by atoms with Gasteiger partial charge >= 0.3 is 0 Å². The van der Waals surface area contributed by atoms with Gasteiger partial charge in [0.25, 0.3) is 0 Å². The summed E-state index contributed by atoms with van der Waals surface area (Å²) in [5, 5.41) is 7.36. The molecule has 0 fully saturated rings. The molecule has 1 nitrogen and oxygen atoms in total. The molecule has 0 saturated heterocycles. The van der Waals surface area contributed by atoms with Crippen molar-refractivity contribution in [3.8, 4) is 0 Å². The van der Waals surface area contributed by atoms with E-state index in [4.69, 9.17) is 0 Å². The molecule has 2 aromatic rings. The Morgan fingerprint density at radius 3 is 2.81 bits per heavy atom. The first-order valence-electron chi connectivity index (χ1n) is 5.28. The molecule has 16 heavy (non-hydrogen) atoms. The summed E-state index contributed by atoms with van der Waals surface area (Å²) in [6.07, 6.45) is 0.915. The van der Waals surface area contributed by atoms with Crippen LogP contribution in [0.15, 0.2) is 41.1 Å². The Labute approximate surface area is 98.9 Å². The zero-order valence-electron chi connectivity index (χ0n) is 9.11. The van der Waals surface area contributed by atoms with Crippen LogP contribution in [-0.4, -0.2) is 6.04 Å². The van der Waals surface area contributed by atoms with Crippen molar-refractivity contribution in [1.29, 1.82) is 0 Å². The van der Waals surface area contributed by atoms with Gasteiger partial charge in [-0.05, 0) is 47.9 Å². The predicted octanol–water partition coefficient (Wildman–Crippen LogP) is 3.93. The minimum absolute atomic E-state index is 0.195. The highest BCUT2D eigenvalue weighted by Crippen LogP contribution is 2.16. The van der Waals surface area contributed by atoms with Crippen molar-refractivity contribution in [3.05, 3.63) is 52.5 Å². The van der Waals surface area contributed by atoms with Gasteiger partial charge < -0.3 is 5.32 Å². The first-order chi connectivity index (χ1) is 7.75. The van der Waals surface area contributed by atoms with E-state index in [-0.39, 0.29) is 11.9 Å². The Hall–Kier alpha value is -1.35. The molecule has 0 aliphatic carbocycles. The average Bonchev–Trinajstić information content (AvgIpc) is 2.74. The number of hydrogen-bond acceptors (Lipinski definition) is 2. The second-order valence-electron chi connectivity index (χ2n) is 3.86. The summed E-state index contributed by atoms with van der Waals surface area (Å²) < 4.78 is 13.4. The molecule has 0 saturated carbocycles. The predicted molar refractivity (Wildman–Crippen MR) is 67.5 cm³/mol. The Kier molecular flexibility index (Phi) is 3.57. The molecule has 1 unspecified atom stereocenters. The molecule has 0 aliphatic rings. The average molecular weight is 235 g/mol. The normalized spacial score (nSPS) is 12.4. The molecule has 1 atom stereocenters. The van der Waals surface area contributed by atoms with Crippen LogP contribution in [0.5, 0.6) is 0 Å². The second-order valence-corrected chi connectivity index (χ2v) is 4.64. The number of benzene rings is 1. The van der Waals surface area contributed by atoms with Crippen LogP contribution in [0.25, 0.3) is 0 Å². The van der Waals surface area contributed by atoms with Crippen molar-refractivity contribution in [3.63, 3.8) is 0 Å². The molecule has 0 amide bonds. The molecule has 0 spiro atoms. The third-order valence-electron chi connectivity index (χ3n) is 2.40. The van der Waals surface area contributed by atoms with Gasteiger partial charge in [0.05, 0.1) is 5.69 Å². The molecule has 1 heterocycles. The van der Waals surface area contributed by atoms with E-state index in [1.165, 1.54) is 11.6 Å². The fourth-order valence-electron chi connectivity index (χ4n) is 1.66. The van der Waals surface area contributed by atoms with Crippen molar-refractivity contribution in [2.45, 2.75) is 19.4 Å². The topological polar surface area (TPSA) is 12.0 Å². The van der Waals surface area contributed by atoms with Crippen LogP contribution in [-0.2, 0) is 6.42 Å². The fourth-order valence-corrected chi connectivity index (χ4v) is 2.34. The van der Waals surface area contributed by atoms with Gasteiger partial charge in [-0.1, -0.05) is 12.1 Å². The smallest absolute Gasteiger partial charge is 0.146 e. The van der Waals surface area contributed by atoms with E-state index in [0.717, 1.165) is 6.42 Å². The highest BCUT2D eigenvalue weighted by atomic mass is 32.1. The Morgan fingerprint density at radius 2 is 2.12 bits per heavy atom. The van der Waals surface area contributed by atoms with Gasteiger partial charge in [0.15, 0.2) is 0 Å². The lowest BCUT2D eigenvalue weighted by atomic mass is 10.1. The molecule has 0 aliphatic heterocycles. The quantitative estimate of drug-likeness (QED) is 0.846. The van der Waals surface area contributed by atoms with Crippen LogP contribution < -0.4 is 5.32 Å². The van der Waals surface area contributed by atoms with Crippen LogP contribution >= 0.6 is 11.3 Å². The van der Waals surface area contributed by atoms with E-state index in [1.807, 2.05) is 6.07 Å². The van der Waals surface area contributed by atoms with E-state index in [1.54, 1.807) is 23.5 Å². The van der Waals surface area contributed by atoms with Gasteiger partial charge in [0.1, 0.15) is 5.82 Å². The molecule has 84 valence electrons. The molecule has 1 N–H and O–H groups in total. The summed E-state index contributed by atoms with van der Waals surface area (Å²) in [5.74, 6) is -0.195. The van der Waals surface area contributed by atoms with Gasteiger partial charge in [0, 0.05) is 6.04 Å². The fraction of sp³-hybridized carbons (Fsp3) is 0.231. The Morgan fingerprint density at radius 1 is 1.31 bits per heavy atom. The zero-order chi connectivity index (χ0) is 11.4. The number of halogens is 1. The van der Waals surface area contributed by atoms with E-state index < -0.39 is 0 Å². The number of rotatable bonds is 4. The lowest BCUT2D eigenvalue weighted by Crippen LogP contribution is -2.18. The Bertz CT molecular complexity index is 439. The van der Waals surface area contributed by atoms with Gasteiger partial charge in [-0.25, -0.2) is 4.39 Å². The van der Waals surface area contributed by atoms with Crippen LogP contribution in [0.1, 0.15) is 12.5 Å². The van der Waals surface area contributed by atoms with E-state index in [0.29, 0.717) is 5.69 Å². The van der Waals surface area contributed by atoms with Crippen molar-refractivity contribution in [2.24, 2.45) is 0 Å². The summed E-state index contributed by atoms with van der Waals surface area (Å²) in [5.41, 5.74) is 1.87. The van der Waals surface area contributed by atoms with E-state index in [9.17, 15) is 4.39 Å². The first-order valence-corrected chi connectivity index (χ1v) is 6.22. The summed E-state index contributed by atoms with van der Waals surface area (Å²) >= 11 is 1.69. The minimum Gasteiger partial charge on any atom is -0.380 e. The molecule has 2 rings (SSSR count). The molecule has 1 aromatic heterocycles. The number of thiophene rings is 1. The lowest BCUT2D eigenvalue weighted by molar-refractivity contribution is 0.626. The second kappa shape index (κ2) is 5.12. The van der Waals surface area contributed by atoms with Crippen LogP contribution in [0.2, 0.25) is 0 Å². The van der Waals surface area contributed by atoms with E-state index in [2.05, 4.69) is 29.1 Å². The summed E-state index contributed by atoms with van der Waals surface area (Å²) in [7, 11) is 0. The van der Waals surface area contributed by atoms with Crippen molar-refractivity contribution in [2.75, 3.05) is 5.32 Å². The third kappa shape index (κ3) is 2.83. The Balaban J connectivity index is 1.97. The third-order valence-corrected chi connectivity index (χ3v) is 3.13. The number of hydrogen-bond donors (Lipinski definition) is 1. The molecule has 3 heteroatoms. The van der Waals surface area contributed by atoms with Crippen LogP contribution in [0, 0.1) is 5.82 Å². The summed E-state index contributed by atoms with van der Waals surface area (Å²) in [6, 6.07) is 9.10. The number of para-hydroxylation sites is 1. The van der Waals surface area contributed by atoms with Crippen LogP contribution in [0.4, 0.5) is 10.1 Å². The summed E-state index contributed by atoms with van der Waals surface area (Å²) in [6.45, 7) is 2.06. The largest absolute Gasteiger partial charge is 0.380 e. The standard InChI is InChI=1S/C13H14FNS/c1-10(8-11-6-7-16-9-11)15-13-5-3-2-4-12(13)14/h2-7,9-10,15H,8H2,1H3. The zero-order valence-corrected chi connectivity index (χ0v) is 9.93. The monoisotopic (exact) mass is 235 g/mol. The molecule has 1 aromatic carbocycles. The van der Waals surface area contributed by atoms with E-state index >= 15 is 0 Å². The molecule has 0 bridgehead atoms. The maximum atomic E-state index is 13.4. The number of nitrogens with one attached hydrogen (secondary N) is 1. The molecule has 0 radical (unpaired) electrons. The minimum atomic E-state index is -0.195. The van der Waals surface area contributed by atoms with Gasteiger partial charge in [0.2, 0.25) is 0 Å². The van der Waals surface area contributed by atoms with Gasteiger partial charge in [-0.2, -0.15) is 11.3 Å². The van der Waals surface area contributed by atoms with Crippen molar-refractivity contribution in [1.82, 2.24) is 0 Å².